The van der Waals surface area contributed by atoms with E-state index in [1.54, 1.807) is 47.4 Å². The number of piperazine rings is 1. The summed E-state index contributed by atoms with van der Waals surface area (Å²) in [6.45, 7) is 0.891. The number of hydrogen-bond donors (Lipinski definition) is 0. The van der Waals surface area contributed by atoms with Gasteiger partial charge in [-0.05, 0) is 12.1 Å². The van der Waals surface area contributed by atoms with Gasteiger partial charge in [-0.25, -0.2) is 4.98 Å². The van der Waals surface area contributed by atoms with Crippen molar-refractivity contribution in [3.05, 3.63) is 48.4 Å². The zero-order chi connectivity index (χ0) is 19.7. The minimum absolute atomic E-state index is 0.0196. The lowest BCUT2D eigenvalue weighted by Crippen LogP contribution is -2.52. The molecule has 1 aliphatic heterocycles. The van der Waals surface area contributed by atoms with Gasteiger partial charge in [0.25, 0.3) is 5.91 Å². The standard InChI is InChI=1S/C18H20N6O3S/c1-21-6-5-19-18(21)28-12-14-3-4-15(27-14)17(26)23-7-8-24(16(25)11-23)13-9-20-22(2)10-13/h3-6,9-10H,7-8,11-12H2,1-2H3. The van der Waals surface area contributed by atoms with Crippen molar-refractivity contribution in [3.63, 3.8) is 0 Å². The third-order valence-corrected chi connectivity index (χ3v) is 5.58. The molecule has 1 aliphatic rings. The Bertz CT molecular complexity index is 1010. The molecule has 3 aromatic heterocycles. The summed E-state index contributed by atoms with van der Waals surface area (Å²) < 4.78 is 9.27. The Morgan fingerprint density at radius 3 is 2.82 bits per heavy atom. The maximum Gasteiger partial charge on any atom is 0.290 e. The molecule has 28 heavy (non-hydrogen) atoms. The van der Waals surface area contributed by atoms with Gasteiger partial charge in [0.1, 0.15) is 12.3 Å². The highest BCUT2D eigenvalue weighted by atomic mass is 32.2. The first-order valence-electron chi connectivity index (χ1n) is 8.78. The lowest BCUT2D eigenvalue weighted by Gasteiger charge is -2.33. The number of imidazole rings is 1. The molecule has 0 atom stereocenters. The fourth-order valence-electron chi connectivity index (χ4n) is 3.02. The van der Waals surface area contributed by atoms with Crippen LogP contribution >= 0.6 is 11.8 Å². The number of nitrogens with zero attached hydrogens (tertiary/aromatic N) is 6. The highest BCUT2D eigenvalue weighted by molar-refractivity contribution is 7.98. The number of anilines is 1. The fourth-order valence-corrected chi connectivity index (χ4v) is 3.85. The lowest BCUT2D eigenvalue weighted by molar-refractivity contribution is -0.120. The average Bonchev–Trinajstić information content (AvgIpc) is 3.41. The van der Waals surface area contributed by atoms with E-state index in [0.29, 0.717) is 24.6 Å². The van der Waals surface area contributed by atoms with Gasteiger partial charge in [-0.1, -0.05) is 11.8 Å². The molecule has 4 rings (SSSR count). The van der Waals surface area contributed by atoms with Crippen LogP contribution in [0.2, 0.25) is 0 Å². The molecule has 1 saturated heterocycles. The van der Waals surface area contributed by atoms with Crippen LogP contribution < -0.4 is 4.90 Å². The van der Waals surface area contributed by atoms with Crippen LogP contribution in [0.4, 0.5) is 5.69 Å². The van der Waals surface area contributed by atoms with Crippen LogP contribution in [-0.4, -0.2) is 55.7 Å². The lowest BCUT2D eigenvalue weighted by atomic mass is 10.2. The minimum Gasteiger partial charge on any atom is -0.455 e. The van der Waals surface area contributed by atoms with Crippen LogP contribution in [0.25, 0.3) is 0 Å². The van der Waals surface area contributed by atoms with E-state index >= 15 is 0 Å². The molecule has 0 spiro atoms. The van der Waals surface area contributed by atoms with Gasteiger partial charge >= 0.3 is 0 Å². The third-order valence-electron chi connectivity index (χ3n) is 4.50. The molecular formula is C18H20N6O3S. The molecule has 0 aliphatic carbocycles. The first kappa shape index (κ1) is 18.4. The van der Waals surface area contributed by atoms with E-state index in [1.807, 2.05) is 17.8 Å². The van der Waals surface area contributed by atoms with E-state index in [1.165, 1.54) is 16.7 Å². The summed E-state index contributed by atoms with van der Waals surface area (Å²) in [7, 11) is 3.73. The van der Waals surface area contributed by atoms with Crippen LogP contribution in [0.1, 0.15) is 16.3 Å². The Balaban J connectivity index is 1.37. The van der Waals surface area contributed by atoms with Crippen LogP contribution in [0.5, 0.6) is 0 Å². The predicted molar refractivity (Wildman–Crippen MR) is 103 cm³/mol. The number of carbonyl (C=O) groups is 2. The second-order valence-electron chi connectivity index (χ2n) is 6.52. The maximum atomic E-state index is 12.7. The summed E-state index contributed by atoms with van der Waals surface area (Å²) in [6, 6.07) is 3.45. The van der Waals surface area contributed by atoms with Crippen molar-refractivity contribution in [1.29, 1.82) is 0 Å². The van der Waals surface area contributed by atoms with Crippen LogP contribution in [-0.2, 0) is 24.6 Å². The fraction of sp³-hybridized carbons (Fsp3) is 0.333. The normalized spacial score (nSPS) is 14.7. The quantitative estimate of drug-likeness (QED) is 0.604. The first-order chi connectivity index (χ1) is 13.5. The summed E-state index contributed by atoms with van der Waals surface area (Å²) in [4.78, 5) is 32.6. The Kier molecular flexibility index (Phi) is 4.95. The van der Waals surface area contributed by atoms with Gasteiger partial charge in [-0.2, -0.15) is 5.10 Å². The van der Waals surface area contributed by atoms with E-state index in [2.05, 4.69) is 10.1 Å². The van der Waals surface area contributed by atoms with E-state index < -0.39 is 0 Å². The number of amides is 2. The average molecular weight is 400 g/mol. The first-order valence-corrected chi connectivity index (χ1v) is 9.77. The number of rotatable bonds is 5. The van der Waals surface area contributed by atoms with Gasteiger partial charge in [0.15, 0.2) is 10.9 Å². The number of aromatic nitrogens is 4. The highest BCUT2D eigenvalue weighted by Gasteiger charge is 2.30. The molecule has 10 heteroatoms. The van der Waals surface area contributed by atoms with E-state index in [9.17, 15) is 9.59 Å². The number of thioether (sulfide) groups is 1. The van der Waals surface area contributed by atoms with E-state index in [4.69, 9.17) is 4.42 Å². The smallest absolute Gasteiger partial charge is 0.290 e. The molecular weight excluding hydrogens is 380 g/mol. The third kappa shape index (κ3) is 3.68. The van der Waals surface area contributed by atoms with Crippen molar-refractivity contribution >= 4 is 29.3 Å². The molecule has 4 heterocycles. The van der Waals surface area contributed by atoms with Crippen molar-refractivity contribution in [2.24, 2.45) is 14.1 Å². The monoisotopic (exact) mass is 400 g/mol. The number of aryl methyl sites for hydroxylation is 2. The Labute approximate surface area is 165 Å². The second kappa shape index (κ2) is 7.55. The second-order valence-corrected chi connectivity index (χ2v) is 7.46. The van der Waals surface area contributed by atoms with Gasteiger partial charge in [-0.15, -0.1) is 0 Å². The topological polar surface area (TPSA) is 89.4 Å². The zero-order valence-electron chi connectivity index (χ0n) is 15.6. The molecule has 0 N–H and O–H groups in total. The Morgan fingerprint density at radius 2 is 2.14 bits per heavy atom. The molecule has 3 aromatic rings. The van der Waals surface area contributed by atoms with Gasteiger partial charge < -0.3 is 18.8 Å². The number of furan rings is 1. The molecule has 0 bridgehead atoms. The van der Waals surface area contributed by atoms with Crippen molar-refractivity contribution in [2.75, 3.05) is 24.5 Å². The van der Waals surface area contributed by atoms with Crippen LogP contribution in [0.3, 0.4) is 0 Å². The van der Waals surface area contributed by atoms with Crippen molar-refractivity contribution in [1.82, 2.24) is 24.2 Å². The summed E-state index contributed by atoms with van der Waals surface area (Å²) in [5.74, 6) is 1.11. The van der Waals surface area contributed by atoms with Crippen molar-refractivity contribution < 1.29 is 14.0 Å². The molecule has 0 aromatic carbocycles. The molecule has 0 saturated carbocycles. The molecule has 1 fully saturated rings. The predicted octanol–water partition coefficient (Wildman–Crippen LogP) is 1.53. The van der Waals surface area contributed by atoms with Gasteiger partial charge in [0, 0.05) is 45.8 Å². The SMILES string of the molecule is Cn1cc(N2CCN(C(=O)c3ccc(CSc4nccn4C)o3)CC2=O)cn1. The largest absolute Gasteiger partial charge is 0.455 e. The Hall–Kier alpha value is -3.01. The van der Waals surface area contributed by atoms with Crippen molar-refractivity contribution in [3.8, 4) is 0 Å². The summed E-state index contributed by atoms with van der Waals surface area (Å²) in [5, 5.41) is 4.97. The van der Waals surface area contributed by atoms with Gasteiger partial charge in [0.05, 0.1) is 17.6 Å². The molecule has 0 radical (unpaired) electrons. The summed E-state index contributed by atoms with van der Waals surface area (Å²) >= 11 is 1.53. The number of hydrogen-bond acceptors (Lipinski definition) is 6. The minimum atomic E-state index is -0.271. The zero-order valence-corrected chi connectivity index (χ0v) is 16.4. The summed E-state index contributed by atoms with van der Waals surface area (Å²) in [6.07, 6.45) is 7.05. The van der Waals surface area contributed by atoms with E-state index in [-0.39, 0.29) is 24.1 Å². The number of carbonyl (C=O) groups excluding carboxylic acids is 2. The molecule has 0 unspecified atom stereocenters. The van der Waals surface area contributed by atoms with Gasteiger partial charge in [0.2, 0.25) is 5.91 Å². The molecule has 2 amide bonds. The van der Waals surface area contributed by atoms with Crippen molar-refractivity contribution in [2.45, 2.75) is 10.9 Å². The molecule has 146 valence electrons. The molecule has 9 nitrogen and oxygen atoms in total. The Morgan fingerprint density at radius 1 is 1.29 bits per heavy atom. The highest BCUT2D eigenvalue weighted by Crippen LogP contribution is 2.23. The van der Waals surface area contributed by atoms with E-state index in [0.717, 1.165) is 10.8 Å². The van der Waals surface area contributed by atoms with Crippen LogP contribution in [0.15, 0.2) is 46.5 Å². The van der Waals surface area contributed by atoms with Gasteiger partial charge in [-0.3, -0.25) is 14.3 Å². The van der Waals surface area contributed by atoms with Crippen LogP contribution in [0, 0.1) is 0 Å². The maximum absolute atomic E-state index is 12.7. The summed E-state index contributed by atoms with van der Waals surface area (Å²) in [5.41, 5.74) is 0.742.